The second kappa shape index (κ2) is 11.4. The highest BCUT2D eigenvalue weighted by molar-refractivity contribution is 7.21. The minimum Gasteiger partial charge on any atom is -0.301 e. The summed E-state index contributed by atoms with van der Waals surface area (Å²) in [6, 6.07) is 36.8. The lowest BCUT2D eigenvalue weighted by Crippen LogP contribution is -2.30. The summed E-state index contributed by atoms with van der Waals surface area (Å²) >= 11 is 2.72. The molecule has 0 bridgehead atoms. The molecule has 9 aromatic rings. The van der Waals surface area contributed by atoms with E-state index in [2.05, 4.69) is 94.2 Å². The average molecular weight is 672 g/mol. The average Bonchev–Trinajstić information content (AvgIpc) is 3.83. The molecule has 9 heteroatoms. The smallest absolute Gasteiger partial charge is 0.252 e. The number of fused-ring (bicyclic) bond motifs is 4. The molecule has 0 radical (unpaired) electrons. The summed E-state index contributed by atoms with van der Waals surface area (Å²) in [6.07, 6.45) is 1.63. The number of aromatic nitrogens is 3. The van der Waals surface area contributed by atoms with Crippen molar-refractivity contribution in [3.05, 3.63) is 152 Å². The van der Waals surface area contributed by atoms with E-state index in [9.17, 15) is 9.59 Å². The number of thiophene rings is 1. The van der Waals surface area contributed by atoms with Gasteiger partial charge in [0.1, 0.15) is 32.8 Å². The first-order valence-electron chi connectivity index (χ1n) is 15.7. The Hall–Kier alpha value is -5.90. The summed E-state index contributed by atoms with van der Waals surface area (Å²) in [4.78, 5) is 39.2. The Kier molecular flexibility index (Phi) is 6.79. The van der Waals surface area contributed by atoms with Crippen LogP contribution < -0.4 is 21.1 Å². The van der Waals surface area contributed by atoms with Crippen molar-refractivity contribution in [2.24, 2.45) is 4.99 Å². The fourth-order valence-electron chi connectivity index (χ4n) is 6.40. The Morgan fingerprint density at radius 2 is 1.22 bits per heavy atom. The van der Waals surface area contributed by atoms with Gasteiger partial charge in [-0.3, -0.25) is 14.6 Å². The van der Waals surface area contributed by atoms with Crippen LogP contribution in [0.15, 0.2) is 130 Å². The maximum Gasteiger partial charge on any atom is 0.252 e. The van der Waals surface area contributed by atoms with Gasteiger partial charge in [-0.15, -0.1) is 11.3 Å². The van der Waals surface area contributed by atoms with Gasteiger partial charge in [-0.2, -0.15) is 8.75 Å². The highest BCUT2D eigenvalue weighted by Gasteiger charge is 2.24. The first-order chi connectivity index (χ1) is 23.9. The summed E-state index contributed by atoms with van der Waals surface area (Å²) in [7, 11) is 0. The Morgan fingerprint density at radius 1 is 0.633 bits per heavy atom. The number of benzene rings is 5. The number of anilines is 3. The maximum absolute atomic E-state index is 13.3. The lowest BCUT2D eigenvalue weighted by atomic mass is 10.1. The van der Waals surface area contributed by atoms with Gasteiger partial charge in [0.25, 0.3) is 5.43 Å². The van der Waals surface area contributed by atoms with E-state index in [4.69, 9.17) is 9.98 Å². The van der Waals surface area contributed by atoms with E-state index >= 15 is 0 Å². The highest BCUT2D eigenvalue weighted by atomic mass is 32.1. The molecule has 0 saturated heterocycles. The van der Waals surface area contributed by atoms with Crippen molar-refractivity contribution >= 4 is 88.5 Å². The molecule has 9 rings (SSSR count). The first-order valence-corrected chi connectivity index (χ1v) is 17.3. The molecule has 3 aromatic heterocycles. The van der Waals surface area contributed by atoms with Gasteiger partial charge in [0.15, 0.2) is 0 Å². The minimum atomic E-state index is -0.632. The Balaban J connectivity index is 1.25. The molecule has 49 heavy (non-hydrogen) atoms. The molecule has 7 nitrogen and oxygen atoms in total. The van der Waals surface area contributed by atoms with Crippen LogP contribution in [0.3, 0.4) is 0 Å². The van der Waals surface area contributed by atoms with Crippen molar-refractivity contribution in [1.82, 2.24) is 13.7 Å². The van der Waals surface area contributed by atoms with Crippen molar-refractivity contribution in [3.63, 3.8) is 0 Å². The number of pyridine rings is 1. The predicted octanol–water partition coefficient (Wildman–Crippen LogP) is 9.19. The maximum atomic E-state index is 13.3. The lowest BCUT2D eigenvalue weighted by molar-refractivity contribution is 1.29. The molecule has 0 amide bonds. The number of rotatable bonds is 5. The molecule has 0 saturated carbocycles. The molecule has 6 aromatic carbocycles. The number of nitrogens with zero attached hydrogens (tertiary/aromatic N) is 5. The van der Waals surface area contributed by atoms with Gasteiger partial charge in [-0.1, -0.05) is 83.9 Å². The molecule has 0 aliphatic rings. The fraction of sp³-hybridized carbons (Fsp3) is 0.0500. The monoisotopic (exact) mass is 671 g/mol. The molecule has 0 N–H and O–H groups in total. The van der Waals surface area contributed by atoms with Gasteiger partial charge in [0.2, 0.25) is 5.43 Å². The predicted molar refractivity (Wildman–Crippen MR) is 202 cm³/mol. The third-order valence-electron chi connectivity index (χ3n) is 8.91. The van der Waals surface area contributed by atoms with Gasteiger partial charge in [-0.25, -0.2) is 4.99 Å². The minimum absolute atomic E-state index is 0.102. The topological polar surface area (TPSA) is 88.4 Å². The van der Waals surface area contributed by atoms with Crippen LogP contribution in [0.5, 0.6) is 0 Å². The summed E-state index contributed by atoms with van der Waals surface area (Å²) < 4.78 is 9.30. The zero-order valence-electron chi connectivity index (χ0n) is 26.3. The van der Waals surface area contributed by atoms with Crippen molar-refractivity contribution in [3.8, 4) is 10.6 Å². The summed E-state index contributed by atoms with van der Waals surface area (Å²) in [5, 5.41) is 6.00. The SMILES string of the molecule is Cc1ccc(N(c2ccc(C)cc2)c2sc(-c3ncc(N=c4c(=O)c(=O)c5cc6ccccc6cc45)c4nsnc34)c3ccccc23)cc1. The number of hydrogen-bond acceptors (Lipinski definition) is 9. The zero-order valence-corrected chi connectivity index (χ0v) is 28.0. The molecule has 0 aliphatic heterocycles. The number of hydrogen-bond donors (Lipinski definition) is 0. The highest BCUT2D eigenvalue weighted by Crippen LogP contribution is 2.49. The largest absolute Gasteiger partial charge is 0.301 e. The van der Waals surface area contributed by atoms with E-state index in [0.717, 1.165) is 54.5 Å². The van der Waals surface area contributed by atoms with Crippen molar-refractivity contribution in [2.75, 3.05) is 4.90 Å². The van der Waals surface area contributed by atoms with Crippen LogP contribution in [-0.2, 0) is 0 Å². The Morgan fingerprint density at radius 3 is 1.90 bits per heavy atom. The van der Waals surface area contributed by atoms with Gasteiger partial charge in [0, 0.05) is 32.9 Å². The third kappa shape index (κ3) is 4.77. The fourth-order valence-corrected chi connectivity index (χ4v) is 8.28. The van der Waals surface area contributed by atoms with Crippen LogP contribution in [0.2, 0.25) is 0 Å². The van der Waals surface area contributed by atoms with Crippen molar-refractivity contribution in [1.29, 1.82) is 0 Å². The quantitative estimate of drug-likeness (QED) is 0.170. The van der Waals surface area contributed by atoms with E-state index in [0.29, 0.717) is 33.2 Å². The van der Waals surface area contributed by atoms with Gasteiger partial charge >= 0.3 is 0 Å². The Bertz CT molecular complexity index is 2860. The van der Waals surface area contributed by atoms with Crippen LogP contribution in [-0.4, -0.2) is 13.7 Å². The molecule has 0 atom stereocenters. The van der Waals surface area contributed by atoms with Crippen LogP contribution in [0.25, 0.3) is 53.9 Å². The molecule has 3 heterocycles. The third-order valence-corrected chi connectivity index (χ3v) is 10.7. The Labute approximate surface area is 287 Å². The zero-order chi connectivity index (χ0) is 33.2. The molecule has 0 aliphatic carbocycles. The van der Waals surface area contributed by atoms with Crippen molar-refractivity contribution < 1.29 is 0 Å². The van der Waals surface area contributed by atoms with Gasteiger partial charge in [-0.05, 0) is 61.0 Å². The molecular weight excluding hydrogens is 647 g/mol. The second-order valence-corrected chi connectivity index (χ2v) is 13.6. The first kappa shape index (κ1) is 29.3. The lowest BCUT2D eigenvalue weighted by Gasteiger charge is -2.24. The standard InChI is InChI=1S/C40H25N5O2S2/c1-22-11-15-26(16-12-22)45(27-17-13-23(2)14-18-27)40-29-10-6-5-9-28(29)39(48-40)36-35-34(43-49-44-35)32(21-41-36)42-33-30-19-24-7-3-4-8-25(24)20-31(30)37(46)38(33)47/h3-21H,1-2H3. The number of aryl methyl sites for hydroxylation is 2. The summed E-state index contributed by atoms with van der Waals surface area (Å²) in [5.41, 5.74) is 5.51. The second-order valence-electron chi connectivity index (χ2n) is 12.1. The molecule has 234 valence electrons. The molecular formula is C40H25N5O2S2. The van der Waals surface area contributed by atoms with Crippen LogP contribution >= 0.6 is 23.1 Å². The van der Waals surface area contributed by atoms with E-state index < -0.39 is 10.9 Å². The van der Waals surface area contributed by atoms with E-state index in [1.807, 2.05) is 36.4 Å². The normalized spacial score (nSPS) is 12.2. The molecule has 0 fully saturated rings. The molecule has 0 unspecified atom stereocenters. The van der Waals surface area contributed by atoms with Gasteiger partial charge < -0.3 is 4.90 Å². The summed E-state index contributed by atoms with van der Waals surface area (Å²) in [5.74, 6) is 0. The van der Waals surface area contributed by atoms with E-state index in [-0.39, 0.29) is 5.36 Å². The molecule has 0 spiro atoms. The van der Waals surface area contributed by atoms with E-state index in [1.54, 1.807) is 23.6 Å². The van der Waals surface area contributed by atoms with Crippen molar-refractivity contribution in [2.45, 2.75) is 13.8 Å². The van der Waals surface area contributed by atoms with E-state index in [1.165, 1.54) is 11.1 Å². The van der Waals surface area contributed by atoms with Crippen LogP contribution in [0.1, 0.15) is 11.1 Å². The van der Waals surface area contributed by atoms with Gasteiger partial charge in [0.05, 0.1) is 22.8 Å². The van der Waals surface area contributed by atoms with Crippen LogP contribution in [0.4, 0.5) is 22.1 Å². The summed E-state index contributed by atoms with van der Waals surface area (Å²) in [6.45, 7) is 4.18. The van der Waals surface area contributed by atoms with Crippen LogP contribution in [0, 0.1) is 13.8 Å².